The van der Waals surface area contributed by atoms with Gasteiger partial charge in [0.2, 0.25) is 5.82 Å². The van der Waals surface area contributed by atoms with Gasteiger partial charge in [0.15, 0.2) is 0 Å². The Bertz CT molecular complexity index is 704. The third-order valence-electron chi connectivity index (χ3n) is 3.70. The SMILES string of the molecule is COc1cc(F)c([N+](=O)[O-])c(N2CCOC(c3ccco3)C2)c1. The van der Waals surface area contributed by atoms with E-state index in [0.717, 1.165) is 6.07 Å². The number of anilines is 1. The molecule has 7 nitrogen and oxygen atoms in total. The molecular weight excluding hydrogens is 307 g/mol. The quantitative estimate of drug-likeness (QED) is 0.636. The molecule has 0 bridgehead atoms. The van der Waals surface area contributed by atoms with Crippen LogP contribution in [0, 0.1) is 15.9 Å². The summed E-state index contributed by atoms with van der Waals surface area (Å²) in [5, 5.41) is 11.2. The minimum atomic E-state index is -0.926. The number of halogens is 1. The average Bonchev–Trinajstić information content (AvgIpc) is 3.08. The van der Waals surface area contributed by atoms with Crippen LogP contribution < -0.4 is 9.64 Å². The minimum Gasteiger partial charge on any atom is -0.497 e. The highest BCUT2D eigenvalue weighted by Crippen LogP contribution is 2.37. The van der Waals surface area contributed by atoms with Crippen LogP contribution in [0.5, 0.6) is 5.75 Å². The van der Waals surface area contributed by atoms with Crippen molar-refractivity contribution in [2.75, 3.05) is 31.7 Å². The van der Waals surface area contributed by atoms with Crippen molar-refractivity contribution in [3.63, 3.8) is 0 Å². The zero-order valence-electron chi connectivity index (χ0n) is 12.4. The van der Waals surface area contributed by atoms with Gasteiger partial charge in [-0.1, -0.05) is 0 Å². The zero-order valence-corrected chi connectivity index (χ0v) is 12.4. The highest BCUT2D eigenvalue weighted by Gasteiger charge is 2.31. The number of hydrogen-bond donors (Lipinski definition) is 0. The van der Waals surface area contributed by atoms with Crippen LogP contribution in [0.4, 0.5) is 15.8 Å². The number of nitro groups is 1. The molecule has 1 aromatic carbocycles. The largest absolute Gasteiger partial charge is 0.497 e. The van der Waals surface area contributed by atoms with Crippen LogP contribution in [0.3, 0.4) is 0 Å². The second kappa shape index (κ2) is 6.25. The van der Waals surface area contributed by atoms with Gasteiger partial charge in [-0.2, -0.15) is 4.39 Å². The summed E-state index contributed by atoms with van der Waals surface area (Å²) in [5.41, 5.74) is -0.391. The second-order valence-electron chi connectivity index (χ2n) is 5.05. The molecule has 1 atom stereocenters. The maximum Gasteiger partial charge on any atom is 0.328 e. The molecule has 0 saturated carbocycles. The van der Waals surface area contributed by atoms with Gasteiger partial charge in [-0.05, 0) is 12.1 Å². The molecule has 23 heavy (non-hydrogen) atoms. The van der Waals surface area contributed by atoms with Crippen molar-refractivity contribution in [1.29, 1.82) is 0 Å². The Morgan fingerprint density at radius 2 is 2.30 bits per heavy atom. The van der Waals surface area contributed by atoms with Crippen molar-refractivity contribution in [3.8, 4) is 5.75 Å². The number of ether oxygens (including phenoxy) is 2. The van der Waals surface area contributed by atoms with Gasteiger partial charge in [-0.25, -0.2) is 0 Å². The molecule has 8 heteroatoms. The Morgan fingerprint density at radius 1 is 1.48 bits per heavy atom. The first-order valence-electron chi connectivity index (χ1n) is 7.02. The van der Waals surface area contributed by atoms with E-state index in [4.69, 9.17) is 13.9 Å². The molecule has 1 aliphatic rings. The summed E-state index contributed by atoms with van der Waals surface area (Å²) in [7, 11) is 1.38. The fraction of sp³-hybridized carbons (Fsp3) is 0.333. The average molecular weight is 322 g/mol. The standard InChI is InChI=1S/C15H15FN2O5/c1-21-10-7-11(16)15(18(19)20)12(8-10)17-4-6-23-14(9-17)13-3-2-5-22-13/h2-3,5,7-8,14H,4,6,9H2,1H3. The molecule has 0 aliphatic carbocycles. The first-order valence-corrected chi connectivity index (χ1v) is 7.02. The van der Waals surface area contributed by atoms with Gasteiger partial charge in [0, 0.05) is 18.7 Å². The van der Waals surface area contributed by atoms with E-state index in [1.807, 2.05) is 0 Å². The monoisotopic (exact) mass is 322 g/mol. The molecule has 2 heterocycles. The highest BCUT2D eigenvalue weighted by atomic mass is 19.1. The van der Waals surface area contributed by atoms with E-state index in [1.165, 1.54) is 19.4 Å². The summed E-state index contributed by atoms with van der Waals surface area (Å²) in [6, 6.07) is 5.98. The van der Waals surface area contributed by atoms with Gasteiger partial charge in [-0.3, -0.25) is 10.1 Å². The molecule has 0 radical (unpaired) electrons. The Labute approximate surface area is 131 Å². The van der Waals surface area contributed by atoms with E-state index in [0.29, 0.717) is 25.5 Å². The van der Waals surface area contributed by atoms with Crippen LogP contribution in [0.25, 0.3) is 0 Å². The van der Waals surface area contributed by atoms with E-state index >= 15 is 0 Å². The summed E-state index contributed by atoms with van der Waals surface area (Å²) in [4.78, 5) is 12.2. The number of nitro benzene ring substituents is 1. The van der Waals surface area contributed by atoms with Crippen LogP contribution >= 0.6 is 0 Å². The van der Waals surface area contributed by atoms with E-state index in [1.54, 1.807) is 17.0 Å². The second-order valence-corrected chi connectivity index (χ2v) is 5.05. The van der Waals surface area contributed by atoms with Crippen LogP contribution in [-0.4, -0.2) is 31.7 Å². The van der Waals surface area contributed by atoms with Crippen molar-refractivity contribution in [1.82, 2.24) is 0 Å². The number of rotatable bonds is 4. The Balaban J connectivity index is 1.96. The Hall–Kier alpha value is -2.61. The van der Waals surface area contributed by atoms with Crippen molar-refractivity contribution in [3.05, 3.63) is 52.2 Å². The summed E-state index contributed by atoms with van der Waals surface area (Å²) in [6.07, 6.45) is 1.17. The fourth-order valence-corrected chi connectivity index (χ4v) is 2.61. The molecule has 1 aliphatic heterocycles. The van der Waals surface area contributed by atoms with E-state index < -0.39 is 16.4 Å². The highest BCUT2D eigenvalue weighted by molar-refractivity contribution is 5.67. The predicted octanol–water partition coefficient (Wildman–Crippen LogP) is 2.91. The summed E-state index contributed by atoms with van der Waals surface area (Å²) in [5.74, 6) is -0.0738. The molecule has 1 aromatic heterocycles. The fourth-order valence-electron chi connectivity index (χ4n) is 2.61. The summed E-state index contributed by atoms with van der Waals surface area (Å²) < 4.78 is 30.0. The minimum absolute atomic E-state index is 0.173. The molecule has 122 valence electrons. The van der Waals surface area contributed by atoms with Gasteiger partial charge in [0.25, 0.3) is 0 Å². The summed E-state index contributed by atoms with van der Waals surface area (Å²) >= 11 is 0. The number of morpholine rings is 1. The van der Waals surface area contributed by atoms with Crippen LogP contribution in [0.15, 0.2) is 34.9 Å². The van der Waals surface area contributed by atoms with Crippen LogP contribution in [0.2, 0.25) is 0 Å². The molecule has 3 rings (SSSR count). The van der Waals surface area contributed by atoms with Gasteiger partial charge < -0.3 is 18.8 Å². The molecule has 1 unspecified atom stereocenters. The molecule has 1 saturated heterocycles. The topological polar surface area (TPSA) is 78.0 Å². The van der Waals surface area contributed by atoms with Gasteiger partial charge >= 0.3 is 5.69 Å². The van der Waals surface area contributed by atoms with Crippen LogP contribution in [-0.2, 0) is 4.74 Å². The molecule has 0 amide bonds. The normalized spacial score (nSPS) is 18.0. The third kappa shape index (κ3) is 2.98. The Morgan fingerprint density at radius 3 is 2.96 bits per heavy atom. The third-order valence-corrected chi connectivity index (χ3v) is 3.70. The van der Waals surface area contributed by atoms with E-state index in [9.17, 15) is 14.5 Å². The smallest absolute Gasteiger partial charge is 0.328 e. The van der Waals surface area contributed by atoms with Gasteiger partial charge in [0.1, 0.15) is 23.3 Å². The molecule has 1 fully saturated rings. The lowest BCUT2D eigenvalue weighted by molar-refractivity contribution is -0.386. The van der Waals surface area contributed by atoms with Crippen molar-refractivity contribution in [2.45, 2.75) is 6.10 Å². The molecular formula is C15H15FN2O5. The molecule has 0 spiro atoms. The van der Waals surface area contributed by atoms with E-state index in [2.05, 4.69) is 0 Å². The maximum atomic E-state index is 14.1. The number of furan rings is 1. The van der Waals surface area contributed by atoms with Crippen molar-refractivity contribution < 1.29 is 23.2 Å². The van der Waals surface area contributed by atoms with Gasteiger partial charge in [0.05, 0.1) is 31.4 Å². The lowest BCUT2D eigenvalue weighted by Gasteiger charge is -2.33. The zero-order chi connectivity index (χ0) is 16.4. The predicted molar refractivity (Wildman–Crippen MR) is 79.2 cm³/mol. The van der Waals surface area contributed by atoms with E-state index in [-0.39, 0.29) is 17.5 Å². The lowest BCUT2D eigenvalue weighted by Crippen LogP contribution is -2.38. The first-order chi connectivity index (χ1) is 11.1. The number of nitrogens with zero attached hydrogens (tertiary/aromatic N) is 2. The first kappa shape index (κ1) is 15.3. The lowest BCUT2D eigenvalue weighted by atomic mass is 10.1. The van der Waals surface area contributed by atoms with Crippen molar-refractivity contribution in [2.24, 2.45) is 0 Å². The molecule has 0 N–H and O–H groups in total. The number of benzene rings is 1. The van der Waals surface area contributed by atoms with Crippen LogP contribution in [0.1, 0.15) is 11.9 Å². The number of hydrogen-bond acceptors (Lipinski definition) is 6. The van der Waals surface area contributed by atoms with Crippen molar-refractivity contribution >= 4 is 11.4 Å². The summed E-state index contributed by atoms with van der Waals surface area (Å²) in [6.45, 7) is 1.08. The maximum absolute atomic E-state index is 14.1. The number of methoxy groups -OCH3 is 1. The molecule has 2 aromatic rings. The van der Waals surface area contributed by atoms with Gasteiger partial charge in [-0.15, -0.1) is 0 Å². The Kier molecular flexibility index (Phi) is 4.16.